The summed E-state index contributed by atoms with van der Waals surface area (Å²) in [5.74, 6) is 1.06. The maximum Gasteiger partial charge on any atom is 0.240 e. The van der Waals surface area contributed by atoms with E-state index in [2.05, 4.69) is 24.4 Å². The third kappa shape index (κ3) is 5.43. The van der Waals surface area contributed by atoms with Crippen LogP contribution in [0.2, 0.25) is 0 Å². The average Bonchev–Trinajstić information content (AvgIpc) is 3.62. The highest BCUT2D eigenvalue weighted by Gasteiger charge is 2.38. The molecular weight excluding hydrogens is 532 g/mol. The quantitative estimate of drug-likeness (QED) is 0.254. The molecule has 5 aromatic rings. The maximum atomic E-state index is 13.9. The third-order valence-electron chi connectivity index (χ3n) is 7.23. The molecule has 0 bridgehead atoms. The van der Waals surface area contributed by atoms with Gasteiger partial charge in [-0.1, -0.05) is 72.3 Å². The molecule has 2 aromatic heterocycles. The Morgan fingerprint density at radius 2 is 1.73 bits per heavy atom. The van der Waals surface area contributed by atoms with E-state index in [1.165, 1.54) is 0 Å². The zero-order valence-electron chi connectivity index (χ0n) is 22.9. The summed E-state index contributed by atoms with van der Waals surface area (Å²) < 4.78 is 7.20. The van der Waals surface area contributed by atoms with Gasteiger partial charge < -0.3 is 9.73 Å². The van der Waals surface area contributed by atoms with Crippen LogP contribution in [-0.4, -0.2) is 33.9 Å². The Morgan fingerprint density at radius 1 is 0.976 bits per heavy atom. The Balaban J connectivity index is 1.54. The molecule has 3 heterocycles. The van der Waals surface area contributed by atoms with Crippen molar-refractivity contribution in [1.29, 1.82) is 0 Å². The Bertz CT molecular complexity index is 1680. The highest BCUT2D eigenvalue weighted by atomic mass is 32.2. The Hall–Kier alpha value is -4.56. The molecule has 0 spiro atoms. The fourth-order valence-corrected chi connectivity index (χ4v) is 6.41. The third-order valence-corrected chi connectivity index (χ3v) is 8.46. The lowest BCUT2D eigenvalue weighted by atomic mass is 9.97. The van der Waals surface area contributed by atoms with Crippen molar-refractivity contribution >= 4 is 29.4 Å². The predicted molar refractivity (Wildman–Crippen MR) is 162 cm³/mol. The van der Waals surface area contributed by atoms with E-state index in [4.69, 9.17) is 9.52 Å². The molecule has 1 N–H and O–H groups in total. The number of fused-ring (bicyclic) bond motifs is 1. The fraction of sp³-hybridized carbons (Fsp3) is 0.182. The van der Waals surface area contributed by atoms with Crippen molar-refractivity contribution in [3.05, 3.63) is 125 Å². The number of hydrogen-bond donors (Lipinski definition) is 1. The van der Waals surface area contributed by atoms with Gasteiger partial charge in [0, 0.05) is 11.1 Å². The van der Waals surface area contributed by atoms with Gasteiger partial charge in [-0.2, -0.15) is 5.10 Å². The van der Waals surface area contributed by atoms with E-state index in [0.717, 1.165) is 39.2 Å². The number of benzene rings is 3. The maximum absolute atomic E-state index is 13.9. The van der Waals surface area contributed by atoms with Crippen molar-refractivity contribution in [2.24, 2.45) is 0 Å². The summed E-state index contributed by atoms with van der Waals surface area (Å²) in [5, 5.41) is 7.88. The van der Waals surface area contributed by atoms with Crippen LogP contribution in [0.4, 0.5) is 5.82 Å². The van der Waals surface area contributed by atoms with Gasteiger partial charge in [-0.25, -0.2) is 4.68 Å². The first kappa shape index (κ1) is 26.7. The number of nitrogens with zero attached hydrogens (tertiary/aromatic N) is 3. The van der Waals surface area contributed by atoms with Crippen LogP contribution in [0.3, 0.4) is 0 Å². The highest BCUT2D eigenvalue weighted by Crippen LogP contribution is 2.49. The van der Waals surface area contributed by atoms with E-state index in [-0.39, 0.29) is 35.9 Å². The van der Waals surface area contributed by atoms with Gasteiger partial charge in [-0.15, -0.1) is 11.8 Å². The smallest absolute Gasteiger partial charge is 0.240 e. The van der Waals surface area contributed by atoms with Crippen LogP contribution >= 0.6 is 11.8 Å². The summed E-state index contributed by atoms with van der Waals surface area (Å²) >= 11 is 1.57. The minimum Gasteiger partial charge on any atom is -0.467 e. The molecule has 0 radical (unpaired) electrons. The standard InChI is InChI=1S/C33H30N4O3S/c1-22-14-16-25(17-15-22)37-33-30(31(35-37)24-10-4-3-5-11-24)32(27-13-7-6-9-23(27)2)41-21-29(39)36(33)20-28(38)34-19-26-12-8-18-40-26/h3-18,32H,19-21H2,1-2H3,(H,34,38)/t32-/m0/s1. The minimum atomic E-state index is -0.280. The van der Waals surface area contributed by atoms with E-state index in [0.29, 0.717) is 11.6 Å². The van der Waals surface area contributed by atoms with Crippen LogP contribution in [0.5, 0.6) is 0 Å². The number of rotatable bonds is 7. The first-order chi connectivity index (χ1) is 20.0. The topological polar surface area (TPSA) is 80.4 Å². The second-order valence-electron chi connectivity index (χ2n) is 10.1. The molecule has 7 nitrogen and oxygen atoms in total. The van der Waals surface area contributed by atoms with Crippen molar-refractivity contribution in [3.8, 4) is 16.9 Å². The zero-order chi connectivity index (χ0) is 28.3. The molecule has 1 aliphatic rings. The van der Waals surface area contributed by atoms with Gasteiger partial charge in [-0.3, -0.25) is 14.5 Å². The lowest BCUT2D eigenvalue weighted by Crippen LogP contribution is -2.42. The van der Waals surface area contributed by atoms with Gasteiger partial charge in [0.2, 0.25) is 11.8 Å². The molecule has 6 rings (SSSR count). The molecule has 1 atom stereocenters. The second-order valence-corrected chi connectivity index (χ2v) is 11.2. The van der Waals surface area contributed by atoms with E-state index in [1.54, 1.807) is 35.1 Å². The summed E-state index contributed by atoms with van der Waals surface area (Å²) in [7, 11) is 0. The molecule has 3 aromatic carbocycles. The minimum absolute atomic E-state index is 0.140. The molecule has 41 heavy (non-hydrogen) atoms. The Kier molecular flexibility index (Phi) is 7.48. The van der Waals surface area contributed by atoms with Gasteiger partial charge in [-0.05, 0) is 49.2 Å². The van der Waals surface area contributed by atoms with Gasteiger partial charge in [0.05, 0.1) is 35.2 Å². The first-order valence-electron chi connectivity index (χ1n) is 13.5. The SMILES string of the molecule is Cc1ccc(-n2nc(-c3ccccc3)c3c2N(CC(=O)NCc2ccco2)C(=O)CS[C@H]3c2ccccc2C)cc1. The number of anilines is 1. The van der Waals surface area contributed by atoms with Gasteiger partial charge >= 0.3 is 0 Å². The van der Waals surface area contributed by atoms with Crippen LogP contribution in [0.25, 0.3) is 16.9 Å². The molecule has 0 saturated heterocycles. The van der Waals surface area contributed by atoms with Crippen molar-refractivity contribution in [1.82, 2.24) is 15.1 Å². The number of hydrogen-bond acceptors (Lipinski definition) is 5. The molecule has 206 valence electrons. The van der Waals surface area contributed by atoms with Crippen molar-refractivity contribution in [3.63, 3.8) is 0 Å². The molecule has 0 fully saturated rings. The number of amides is 2. The number of carbonyl (C=O) groups excluding carboxylic acids is 2. The van der Waals surface area contributed by atoms with Crippen LogP contribution < -0.4 is 10.2 Å². The highest BCUT2D eigenvalue weighted by molar-refractivity contribution is 8.00. The summed E-state index contributed by atoms with van der Waals surface area (Å²) in [6.45, 7) is 4.23. The van der Waals surface area contributed by atoms with Crippen LogP contribution in [0.15, 0.2) is 102 Å². The number of furan rings is 1. The van der Waals surface area contributed by atoms with Crippen LogP contribution in [-0.2, 0) is 16.1 Å². The van der Waals surface area contributed by atoms with Gasteiger partial charge in [0.15, 0.2) is 0 Å². The summed E-state index contributed by atoms with van der Waals surface area (Å²) in [5.41, 5.74) is 6.85. The zero-order valence-corrected chi connectivity index (χ0v) is 23.7. The molecule has 8 heteroatoms. The first-order valence-corrected chi connectivity index (χ1v) is 14.6. The fourth-order valence-electron chi connectivity index (χ4n) is 5.12. The second kappa shape index (κ2) is 11.5. The normalized spacial score (nSPS) is 14.9. The van der Waals surface area contributed by atoms with Gasteiger partial charge in [0.25, 0.3) is 0 Å². The predicted octanol–water partition coefficient (Wildman–Crippen LogP) is 6.23. The van der Waals surface area contributed by atoms with Crippen LogP contribution in [0.1, 0.15) is 33.3 Å². The molecule has 0 saturated carbocycles. The largest absolute Gasteiger partial charge is 0.467 e. The van der Waals surface area contributed by atoms with E-state index in [1.807, 2.05) is 78.3 Å². The summed E-state index contributed by atoms with van der Waals surface area (Å²) in [4.78, 5) is 28.7. The molecular formula is C33H30N4O3S. The average molecular weight is 563 g/mol. The molecule has 0 unspecified atom stereocenters. The van der Waals surface area contributed by atoms with Crippen molar-refractivity contribution in [2.45, 2.75) is 25.6 Å². The Morgan fingerprint density at radius 3 is 2.46 bits per heavy atom. The number of carbonyl (C=O) groups is 2. The Labute approximate surface area is 243 Å². The van der Waals surface area contributed by atoms with Crippen molar-refractivity contribution < 1.29 is 14.0 Å². The lowest BCUT2D eigenvalue weighted by molar-refractivity contribution is -0.123. The summed E-state index contributed by atoms with van der Waals surface area (Å²) in [6.07, 6.45) is 1.57. The van der Waals surface area contributed by atoms with E-state index < -0.39 is 0 Å². The number of aromatic nitrogens is 2. The van der Waals surface area contributed by atoms with Crippen molar-refractivity contribution in [2.75, 3.05) is 17.2 Å². The number of nitrogens with one attached hydrogen (secondary N) is 1. The van der Waals surface area contributed by atoms with E-state index in [9.17, 15) is 9.59 Å². The molecule has 2 amide bonds. The number of aryl methyl sites for hydroxylation is 2. The molecule has 1 aliphatic heterocycles. The summed E-state index contributed by atoms with van der Waals surface area (Å²) in [6, 6.07) is 29.9. The lowest BCUT2D eigenvalue weighted by Gasteiger charge is -2.23. The molecule has 0 aliphatic carbocycles. The van der Waals surface area contributed by atoms with Gasteiger partial charge in [0.1, 0.15) is 18.1 Å². The van der Waals surface area contributed by atoms with E-state index >= 15 is 0 Å². The number of thioether (sulfide) groups is 1. The van der Waals surface area contributed by atoms with Crippen LogP contribution in [0, 0.1) is 13.8 Å². The monoisotopic (exact) mass is 562 g/mol.